The Kier molecular flexibility index (Phi) is 7.53. The molecule has 0 spiro atoms. The molecule has 0 saturated carbocycles. The van der Waals surface area contributed by atoms with Crippen molar-refractivity contribution in [2.75, 3.05) is 13.7 Å². The predicted octanol–water partition coefficient (Wildman–Crippen LogP) is 5.20. The quantitative estimate of drug-likeness (QED) is 0.619. The topological polar surface area (TPSA) is 30.5 Å². The summed E-state index contributed by atoms with van der Waals surface area (Å²) in [6.45, 7) is 6.34. The summed E-state index contributed by atoms with van der Waals surface area (Å²) in [5.41, 5.74) is 1.84. The number of ether oxygens (including phenoxy) is 2. The van der Waals surface area contributed by atoms with Crippen LogP contribution >= 0.6 is 11.6 Å². The molecule has 0 unspecified atom stereocenters. The molecule has 2 aromatic rings. The van der Waals surface area contributed by atoms with Gasteiger partial charge in [-0.15, -0.1) is 0 Å². The van der Waals surface area contributed by atoms with Crippen molar-refractivity contribution in [1.29, 1.82) is 0 Å². The van der Waals surface area contributed by atoms with Crippen LogP contribution in [0.15, 0.2) is 36.4 Å². The second kappa shape index (κ2) is 9.64. The van der Waals surface area contributed by atoms with Gasteiger partial charge in [-0.2, -0.15) is 0 Å². The van der Waals surface area contributed by atoms with Gasteiger partial charge in [0, 0.05) is 17.6 Å². The molecule has 5 heteroatoms. The highest BCUT2D eigenvalue weighted by Crippen LogP contribution is 2.34. The van der Waals surface area contributed by atoms with Gasteiger partial charge in [-0.1, -0.05) is 37.6 Å². The van der Waals surface area contributed by atoms with Crippen LogP contribution in [0.2, 0.25) is 5.02 Å². The van der Waals surface area contributed by atoms with E-state index in [-0.39, 0.29) is 5.82 Å². The van der Waals surface area contributed by atoms with E-state index in [1.165, 1.54) is 12.1 Å². The standard InChI is InChI=1S/C20H25ClFNO2/c1-14(2)8-9-23-12-16-10-19(24-3)20(11-18(16)21)25-13-15-4-6-17(22)7-5-15/h4-7,10-11,14,23H,8-9,12-13H2,1-3H3. The van der Waals surface area contributed by atoms with Gasteiger partial charge in [0.05, 0.1) is 7.11 Å². The average molecular weight is 366 g/mol. The minimum absolute atomic E-state index is 0.265. The van der Waals surface area contributed by atoms with E-state index in [2.05, 4.69) is 19.2 Å². The summed E-state index contributed by atoms with van der Waals surface area (Å²) in [7, 11) is 1.60. The zero-order valence-corrected chi connectivity index (χ0v) is 15.7. The third kappa shape index (κ3) is 6.22. The summed E-state index contributed by atoms with van der Waals surface area (Å²) in [6.07, 6.45) is 1.12. The summed E-state index contributed by atoms with van der Waals surface area (Å²) in [4.78, 5) is 0. The second-order valence-corrected chi connectivity index (χ2v) is 6.78. The molecule has 136 valence electrons. The van der Waals surface area contributed by atoms with Crippen LogP contribution in [0.1, 0.15) is 31.4 Å². The Morgan fingerprint density at radius 2 is 1.84 bits per heavy atom. The average Bonchev–Trinajstić information content (AvgIpc) is 2.59. The molecule has 0 aliphatic carbocycles. The molecule has 0 atom stereocenters. The lowest BCUT2D eigenvalue weighted by Gasteiger charge is -2.14. The third-order valence-electron chi connectivity index (χ3n) is 3.85. The van der Waals surface area contributed by atoms with Crippen LogP contribution < -0.4 is 14.8 Å². The van der Waals surface area contributed by atoms with Crippen molar-refractivity contribution in [3.63, 3.8) is 0 Å². The van der Waals surface area contributed by atoms with Gasteiger partial charge in [-0.05, 0) is 48.2 Å². The van der Waals surface area contributed by atoms with Crippen molar-refractivity contribution < 1.29 is 13.9 Å². The first kappa shape index (κ1) is 19.5. The minimum atomic E-state index is -0.265. The number of methoxy groups -OCH3 is 1. The van der Waals surface area contributed by atoms with E-state index < -0.39 is 0 Å². The Bertz CT molecular complexity index is 674. The van der Waals surface area contributed by atoms with Gasteiger partial charge < -0.3 is 14.8 Å². The van der Waals surface area contributed by atoms with Crippen LogP contribution in [-0.2, 0) is 13.2 Å². The third-order valence-corrected chi connectivity index (χ3v) is 4.21. The lowest BCUT2D eigenvalue weighted by Crippen LogP contribution is -2.16. The van der Waals surface area contributed by atoms with E-state index in [4.69, 9.17) is 21.1 Å². The summed E-state index contributed by atoms with van der Waals surface area (Å²) in [6, 6.07) is 9.87. The number of rotatable bonds is 9. The van der Waals surface area contributed by atoms with Gasteiger partial charge in [0.2, 0.25) is 0 Å². The van der Waals surface area contributed by atoms with Crippen LogP contribution in [0.5, 0.6) is 11.5 Å². The zero-order chi connectivity index (χ0) is 18.2. The smallest absolute Gasteiger partial charge is 0.163 e. The summed E-state index contributed by atoms with van der Waals surface area (Å²) in [5, 5.41) is 4.02. The van der Waals surface area contributed by atoms with Gasteiger partial charge in [-0.25, -0.2) is 4.39 Å². The molecule has 1 N–H and O–H groups in total. The van der Waals surface area contributed by atoms with E-state index in [9.17, 15) is 4.39 Å². The Hall–Kier alpha value is -1.78. The van der Waals surface area contributed by atoms with Crippen molar-refractivity contribution >= 4 is 11.6 Å². The van der Waals surface area contributed by atoms with Crippen molar-refractivity contribution in [3.05, 3.63) is 58.4 Å². The molecule has 0 fully saturated rings. The molecular weight excluding hydrogens is 341 g/mol. The van der Waals surface area contributed by atoms with Crippen molar-refractivity contribution in [2.24, 2.45) is 5.92 Å². The molecule has 0 aliphatic rings. The molecule has 2 aromatic carbocycles. The Morgan fingerprint density at radius 1 is 1.12 bits per heavy atom. The van der Waals surface area contributed by atoms with E-state index in [0.717, 1.165) is 24.1 Å². The second-order valence-electron chi connectivity index (χ2n) is 6.37. The van der Waals surface area contributed by atoms with Gasteiger partial charge in [0.25, 0.3) is 0 Å². The minimum Gasteiger partial charge on any atom is -0.493 e. The molecule has 0 amide bonds. The maximum atomic E-state index is 13.0. The first-order chi connectivity index (χ1) is 12.0. The Morgan fingerprint density at radius 3 is 2.48 bits per heavy atom. The van der Waals surface area contributed by atoms with Crippen molar-refractivity contribution in [3.8, 4) is 11.5 Å². The van der Waals surface area contributed by atoms with Crippen molar-refractivity contribution in [1.82, 2.24) is 5.32 Å². The molecule has 25 heavy (non-hydrogen) atoms. The Balaban J connectivity index is 2.01. The lowest BCUT2D eigenvalue weighted by atomic mass is 10.1. The normalized spacial score (nSPS) is 11.0. The number of hydrogen-bond acceptors (Lipinski definition) is 3. The molecule has 3 nitrogen and oxygen atoms in total. The molecule has 2 rings (SSSR count). The molecular formula is C20H25ClFNO2. The van der Waals surface area contributed by atoms with E-state index in [0.29, 0.717) is 35.6 Å². The van der Waals surface area contributed by atoms with Crippen LogP contribution in [0.3, 0.4) is 0 Å². The zero-order valence-electron chi connectivity index (χ0n) is 14.9. The first-order valence-electron chi connectivity index (χ1n) is 8.44. The summed E-state index contributed by atoms with van der Waals surface area (Å²) < 4.78 is 24.2. The fourth-order valence-electron chi connectivity index (χ4n) is 2.34. The maximum Gasteiger partial charge on any atom is 0.163 e. The highest BCUT2D eigenvalue weighted by atomic mass is 35.5. The van der Waals surface area contributed by atoms with Crippen LogP contribution in [-0.4, -0.2) is 13.7 Å². The van der Waals surface area contributed by atoms with E-state index in [1.54, 1.807) is 25.3 Å². The fourth-order valence-corrected chi connectivity index (χ4v) is 2.56. The molecule has 0 heterocycles. The molecule has 0 aromatic heterocycles. The fraction of sp³-hybridized carbons (Fsp3) is 0.400. The largest absolute Gasteiger partial charge is 0.493 e. The SMILES string of the molecule is COc1cc(CNCCC(C)C)c(Cl)cc1OCc1ccc(F)cc1. The first-order valence-corrected chi connectivity index (χ1v) is 8.81. The molecule has 0 radical (unpaired) electrons. The number of benzene rings is 2. The monoisotopic (exact) mass is 365 g/mol. The Labute approximate surface area is 154 Å². The highest BCUT2D eigenvalue weighted by molar-refractivity contribution is 6.31. The van der Waals surface area contributed by atoms with E-state index in [1.807, 2.05) is 6.07 Å². The summed E-state index contributed by atoms with van der Waals surface area (Å²) in [5.74, 6) is 1.60. The van der Waals surface area contributed by atoms with Gasteiger partial charge in [-0.3, -0.25) is 0 Å². The van der Waals surface area contributed by atoms with Gasteiger partial charge >= 0.3 is 0 Å². The lowest BCUT2D eigenvalue weighted by molar-refractivity contribution is 0.284. The number of halogens is 2. The molecule has 0 bridgehead atoms. The van der Waals surface area contributed by atoms with E-state index >= 15 is 0 Å². The predicted molar refractivity (Wildman–Crippen MR) is 99.9 cm³/mol. The maximum absolute atomic E-state index is 13.0. The van der Waals surface area contributed by atoms with Crippen molar-refractivity contribution in [2.45, 2.75) is 33.4 Å². The number of hydrogen-bond donors (Lipinski definition) is 1. The van der Waals surface area contributed by atoms with Gasteiger partial charge in [0.15, 0.2) is 11.5 Å². The molecule has 0 saturated heterocycles. The van der Waals surface area contributed by atoms with Crippen LogP contribution in [0.4, 0.5) is 4.39 Å². The number of nitrogens with one attached hydrogen (secondary N) is 1. The highest BCUT2D eigenvalue weighted by Gasteiger charge is 2.11. The van der Waals surface area contributed by atoms with Crippen LogP contribution in [0, 0.1) is 11.7 Å². The summed E-state index contributed by atoms with van der Waals surface area (Å²) >= 11 is 6.38. The van der Waals surface area contributed by atoms with Crippen LogP contribution in [0.25, 0.3) is 0 Å². The molecule has 0 aliphatic heterocycles. The van der Waals surface area contributed by atoms with Gasteiger partial charge in [0.1, 0.15) is 12.4 Å².